The van der Waals surface area contributed by atoms with Gasteiger partial charge in [-0.3, -0.25) is 0 Å². The quantitative estimate of drug-likeness (QED) is 0.523. The van der Waals surface area contributed by atoms with Crippen LogP contribution < -0.4 is 9.80 Å². The highest BCUT2D eigenvalue weighted by Crippen LogP contribution is 2.14. The van der Waals surface area contributed by atoms with Crippen molar-refractivity contribution in [1.82, 2.24) is 0 Å². The van der Waals surface area contributed by atoms with Crippen LogP contribution in [-0.4, -0.2) is 13.0 Å². The number of hydrogen-bond acceptors (Lipinski definition) is 3. The Kier molecular flexibility index (Phi) is 4.50. The van der Waals surface area contributed by atoms with Gasteiger partial charge in [0.25, 0.3) is 0 Å². The van der Waals surface area contributed by atoms with Crippen molar-refractivity contribution >= 4 is 5.97 Å². The Morgan fingerprint density at radius 2 is 1.90 bits per heavy atom. The van der Waals surface area contributed by atoms with Crippen LogP contribution >= 0.6 is 0 Å². The van der Waals surface area contributed by atoms with Crippen LogP contribution in [0.15, 0.2) is 48.5 Å². The number of ether oxygens (including phenoxy) is 1. The number of rotatable bonds is 4. The monoisotopic (exact) mass is 271 g/mol. The molecule has 0 spiro atoms. The van der Waals surface area contributed by atoms with Gasteiger partial charge in [-0.15, -0.1) is 0 Å². The first kappa shape index (κ1) is 14.2. The summed E-state index contributed by atoms with van der Waals surface area (Å²) < 4.78 is 5.30. The summed E-state index contributed by atoms with van der Waals surface area (Å²) in [4.78, 5) is 12.0. The summed E-state index contributed by atoms with van der Waals surface area (Å²) in [5.41, 5.74) is 2.40. The van der Waals surface area contributed by atoms with Gasteiger partial charge in [-0.1, -0.05) is 24.3 Å². The molecule has 0 aliphatic heterocycles. The van der Waals surface area contributed by atoms with Gasteiger partial charge < -0.3 is 15.0 Å². The van der Waals surface area contributed by atoms with Crippen molar-refractivity contribution in [3.05, 3.63) is 70.4 Å². The van der Waals surface area contributed by atoms with Crippen LogP contribution in [-0.2, 0) is 6.54 Å². The van der Waals surface area contributed by atoms with Crippen LogP contribution in [0.4, 0.5) is 0 Å². The van der Waals surface area contributed by atoms with Crippen molar-refractivity contribution < 1.29 is 14.6 Å². The SMILES string of the molecule is Cc1cccc(OC(=O)c2ccc(C[NH+](C)[O-])cc2)c1. The Balaban J connectivity index is 2.06. The molecule has 4 heteroatoms. The van der Waals surface area contributed by atoms with Crippen molar-refractivity contribution in [2.75, 3.05) is 7.05 Å². The molecular weight excluding hydrogens is 254 g/mol. The van der Waals surface area contributed by atoms with Crippen LogP contribution in [0, 0.1) is 12.1 Å². The molecular formula is C16H17NO3. The lowest BCUT2D eigenvalue weighted by Gasteiger charge is -2.15. The smallest absolute Gasteiger partial charge is 0.343 e. The van der Waals surface area contributed by atoms with Crippen molar-refractivity contribution in [2.45, 2.75) is 13.5 Å². The Hall–Kier alpha value is -2.17. The van der Waals surface area contributed by atoms with E-state index in [1.807, 2.05) is 25.1 Å². The van der Waals surface area contributed by atoms with Crippen molar-refractivity contribution in [2.24, 2.45) is 0 Å². The highest BCUT2D eigenvalue weighted by Gasteiger charge is 2.08. The number of quaternary nitrogens is 1. The second-order valence-electron chi connectivity index (χ2n) is 4.78. The van der Waals surface area contributed by atoms with Crippen LogP contribution in [0.2, 0.25) is 0 Å². The number of carbonyl (C=O) groups is 1. The maximum absolute atomic E-state index is 12.0. The van der Waals surface area contributed by atoms with E-state index in [9.17, 15) is 10.0 Å². The van der Waals surface area contributed by atoms with Gasteiger partial charge in [0.1, 0.15) is 12.3 Å². The van der Waals surface area contributed by atoms with E-state index in [0.29, 0.717) is 17.9 Å². The van der Waals surface area contributed by atoms with Gasteiger partial charge in [0.15, 0.2) is 0 Å². The Morgan fingerprint density at radius 3 is 2.50 bits per heavy atom. The van der Waals surface area contributed by atoms with Gasteiger partial charge in [0.2, 0.25) is 0 Å². The first-order valence-corrected chi connectivity index (χ1v) is 6.42. The summed E-state index contributed by atoms with van der Waals surface area (Å²) in [6, 6.07) is 14.2. The molecule has 1 N–H and O–H groups in total. The summed E-state index contributed by atoms with van der Waals surface area (Å²) in [6.45, 7) is 2.32. The predicted octanol–water partition coefficient (Wildman–Crippen LogP) is 1.73. The van der Waals surface area contributed by atoms with Gasteiger partial charge in [0, 0.05) is 5.56 Å². The van der Waals surface area contributed by atoms with Gasteiger partial charge in [-0.25, -0.2) is 4.79 Å². The second-order valence-corrected chi connectivity index (χ2v) is 4.78. The zero-order valence-electron chi connectivity index (χ0n) is 11.6. The van der Waals surface area contributed by atoms with Gasteiger partial charge in [-0.05, 0) is 36.8 Å². The maximum Gasteiger partial charge on any atom is 0.343 e. The Bertz CT molecular complexity index is 591. The van der Waals surface area contributed by atoms with Gasteiger partial charge in [0.05, 0.1) is 12.6 Å². The Morgan fingerprint density at radius 1 is 1.20 bits per heavy atom. The first-order valence-electron chi connectivity index (χ1n) is 6.42. The average Bonchev–Trinajstić information content (AvgIpc) is 2.38. The lowest BCUT2D eigenvalue weighted by molar-refractivity contribution is -0.840. The summed E-state index contributed by atoms with van der Waals surface area (Å²) in [5.74, 6) is 0.132. The number of hydroxylamine groups is 2. The minimum absolute atomic E-state index is 0.0973. The molecule has 0 radical (unpaired) electrons. The fourth-order valence-corrected chi connectivity index (χ4v) is 1.89. The number of esters is 1. The number of hydrogen-bond donors (Lipinski definition) is 1. The van der Waals surface area contributed by atoms with E-state index < -0.39 is 5.97 Å². The van der Waals surface area contributed by atoms with Crippen molar-refractivity contribution in [3.8, 4) is 5.75 Å². The molecule has 0 saturated carbocycles. The topological polar surface area (TPSA) is 53.8 Å². The summed E-state index contributed by atoms with van der Waals surface area (Å²) in [5, 5.41) is 11.1. The summed E-state index contributed by atoms with van der Waals surface area (Å²) in [6.07, 6.45) is 0. The third-order valence-corrected chi connectivity index (χ3v) is 2.84. The highest BCUT2D eigenvalue weighted by molar-refractivity contribution is 5.91. The van der Waals surface area contributed by atoms with E-state index >= 15 is 0 Å². The molecule has 0 amide bonds. The zero-order valence-corrected chi connectivity index (χ0v) is 11.6. The largest absolute Gasteiger partial charge is 0.634 e. The Labute approximate surface area is 118 Å². The maximum atomic E-state index is 12.0. The summed E-state index contributed by atoms with van der Waals surface area (Å²) >= 11 is 0. The van der Waals surface area contributed by atoms with Gasteiger partial charge in [-0.2, -0.15) is 0 Å². The third-order valence-electron chi connectivity index (χ3n) is 2.84. The van der Waals surface area contributed by atoms with Crippen molar-refractivity contribution in [3.63, 3.8) is 0 Å². The molecule has 0 aliphatic carbocycles. The molecule has 2 aromatic rings. The predicted molar refractivity (Wildman–Crippen MR) is 76.5 cm³/mol. The number of benzene rings is 2. The summed E-state index contributed by atoms with van der Waals surface area (Å²) in [7, 11) is 1.54. The molecule has 1 unspecified atom stereocenters. The van der Waals surface area contributed by atoms with Crippen LogP contribution in [0.5, 0.6) is 5.75 Å². The molecule has 4 nitrogen and oxygen atoms in total. The van der Waals surface area contributed by atoms with E-state index in [-0.39, 0.29) is 5.06 Å². The van der Waals surface area contributed by atoms with Crippen LogP contribution in [0.1, 0.15) is 21.5 Å². The lowest BCUT2D eigenvalue weighted by atomic mass is 10.1. The van der Waals surface area contributed by atoms with Crippen molar-refractivity contribution in [1.29, 1.82) is 0 Å². The van der Waals surface area contributed by atoms with E-state index in [2.05, 4.69) is 0 Å². The number of aryl methyl sites for hydroxylation is 1. The van der Waals surface area contributed by atoms with Crippen LogP contribution in [0.25, 0.3) is 0 Å². The van der Waals surface area contributed by atoms with E-state index in [1.165, 1.54) is 0 Å². The molecule has 104 valence electrons. The van der Waals surface area contributed by atoms with E-state index in [0.717, 1.165) is 11.1 Å². The van der Waals surface area contributed by atoms with Crippen LogP contribution in [0.3, 0.4) is 0 Å². The fourth-order valence-electron chi connectivity index (χ4n) is 1.89. The average molecular weight is 271 g/mol. The minimum Gasteiger partial charge on any atom is -0.634 e. The molecule has 0 fully saturated rings. The highest BCUT2D eigenvalue weighted by atomic mass is 16.5. The molecule has 20 heavy (non-hydrogen) atoms. The molecule has 0 saturated heterocycles. The minimum atomic E-state index is -0.398. The molecule has 0 aliphatic rings. The lowest BCUT2D eigenvalue weighted by Crippen LogP contribution is -3.02. The van der Waals surface area contributed by atoms with E-state index in [4.69, 9.17) is 4.74 Å². The third kappa shape index (κ3) is 3.91. The molecule has 0 bridgehead atoms. The van der Waals surface area contributed by atoms with Gasteiger partial charge >= 0.3 is 5.97 Å². The molecule has 0 aromatic heterocycles. The molecule has 0 heterocycles. The second kappa shape index (κ2) is 6.32. The molecule has 2 aromatic carbocycles. The molecule has 1 atom stereocenters. The fraction of sp³-hybridized carbons (Fsp3) is 0.188. The first-order chi connectivity index (χ1) is 9.54. The number of carbonyl (C=O) groups excluding carboxylic acids is 1. The zero-order chi connectivity index (χ0) is 14.5. The normalized spacial score (nSPS) is 11.9. The number of nitrogens with one attached hydrogen (secondary N) is 1. The van der Waals surface area contributed by atoms with E-state index in [1.54, 1.807) is 37.4 Å². The standard InChI is InChI=1S/C16H17NO3/c1-12-4-3-5-15(10-12)20-16(18)14-8-6-13(7-9-14)11-17(2)19/h3-10,17H,11H2,1-2H3. The molecule has 2 rings (SSSR count).